The average molecular weight is 368 g/mol. The van der Waals surface area contributed by atoms with E-state index in [1.807, 2.05) is 24.3 Å². The van der Waals surface area contributed by atoms with Crippen LogP contribution in [0.5, 0.6) is 0 Å². The first-order valence-corrected chi connectivity index (χ1v) is 7.20. The molecule has 106 valence electrons. The minimum Gasteiger partial charge on any atom is -0.367 e. The van der Waals surface area contributed by atoms with Crippen molar-refractivity contribution >= 4 is 33.4 Å². The number of benzene rings is 2. The highest BCUT2D eigenvalue weighted by Gasteiger charge is 2.20. The zero-order chi connectivity index (χ0) is 15.0. The molecule has 0 aliphatic carbocycles. The molecule has 0 atom stereocenters. The van der Waals surface area contributed by atoms with Crippen LogP contribution in [0.3, 0.4) is 0 Å². The first-order chi connectivity index (χ1) is 10.1. The Morgan fingerprint density at radius 1 is 1.14 bits per heavy atom. The predicted molar refractivity (Wildman–Crippen MR) is 84.5 cm³/mol. The summed E-state index contributed by atoms with van der Waals surface area (Å²) in [5.41, 5.74) is 8.12. The number of aromatic nitrogens is 1. The zero-order valence-electron chi connectivity index (χ0n) is 10.6. The van der Waals surface area contributed by atoms with Crippen LogP contribution >= 0.6 is 27.5 Å². The summed E-state index contributed by atoms with van der Waals surface area (Å²) in [5, 5.41) is 3.91. The van der Waals surface area contributed by atoms with Crippen molar-refractivity contribution in [2.45, 2.75) is 0 Å². The standard InChI is InChI=1S/C15H9BrClFN2O/c16-9-6-4-8(5-7-9)12-14(20-21-15(12)19)10-2-1-3-11(18)13(10)17/h1-7H,19H2. The Bertz CT molecular complexity index is 802. The van der Waals surface area contributed by atoms with Crippen LogP contribution in [0.2, 0.25) is 5.02 Å². The summed E-state index contributed by atoms with van der Waals surface area (Å²) in [4.78, 5) is 0. The van der Waals surface area contributed by atoms with E-state index >= 15 is 0 Å². The van der Waals surface area contributed by atoms with Crippen LogP contribution in [0.15, 0.2) is 51.5 Å². The molecule has 0 unspecified atom stereocenters. The van der Waals surface area contributed by atoms with Crippen molar-refractivity contribution in [3.8, 4) is 22.4 Å². The topological polar surface area (TPSA) is 52.0 Å². The van der Waals surface area contributed by atoms with Crippen LogP contribution in [-0.2, 0) is 0 Å². The fourth-order valence-electron chi connectivity index (χ4n) is 2.07. The van der Waals surface area contributed by atoms with E-state index in [0.29, 0.717) is 16.8 Å². The Balaban J connectivity index is 2.22. The summed E-state index contributed by atoms with van der Waals surface area (Å²) in [6, 6.07) is 12.0. The SMILES string of the molecule is Nc1onc(-c2cccc(F)c2Cl)c1-c1ccc(Br)cc1. The van der Waals surface area contributed by atoms with Crippen LogP contribution in [0.4, 0.5) is 10.3 Å². The lowest BCUT2D eigenvalue weighted by molar-refractivity contribution is 0.439. The molecular weight excluding hydrogens is 359 g/mol. The molecule has 3 rings (SSSR count). The maximum atomic E-state index is 13.6. The van der Waals surface area contributed by atoms with E-state index in [0.717, 1.165) is 10.0 Å². The van der Waals surface area contributed by atoms with Crippen molar-refractivity contribution in [1.82, 2.24) is 5.16 Å². The lowest BCUT2D eigenvalue weighted by Gasteiger charge is -2.05. The molecule has 0 saturated carbocycles. The normalized spacial score (nSPS) is 10.8. The lowest BCUT2D eigenvalue weighted by atomic mass is 10.0. The van der Waals surface area contributed by atoms with Gasteiger partial charge in [0.15, 0.2) is 0 Å². The minimum atomic E-state index is -0.516. The number of nitrogens with two attached hydrogens (primary N) is 1. The second-order valence-corrected chi connectivity index (χ2v) is 5.67. The third-order valence-electron chi connectivity index (χ3n) is 3.06. The first kappa shape index (κ1) is 14.1. The van der Waals surface area contributed by atoms with Crippen molar-refractivity contribution in [1.29, 1.82) is 0 Å². The van der Waals surface area contributed by atoms with Crippen molar-refractivity contribution in [3.05, 3.63) is 57.8 Å². The van der Waals surface area contributed by atoms with Crippen LogP contribution in [-0.4, -0.2) is 5.16 Å². The summed E-state index contributed by atoms with van der Waals surface area (Å²) in [7, 11) is 0. The molecule has 0 fully saturated rings. The summed E-state index contributed by atoms with van der Waals surface area (Å²) in [5.74, 6) is -0.356. The Labute approximate surface area is 133 Å². The molecule has 0 saturated heterocycles. The molecule has 0 radical (unpaired) electrons. The molecule has 3 aromatic rings. The van der Waals surface area contributed by atoms with Crippen molar-refractivity contribution in [2.75, 3.05) is 5.73 Å². The molecule has 2 aromatic carbocycles. The van der Waals surface area contributed by atoms with E-state index in [4.69, 9.17) is 21.9 Å². The third kappa shape index (κ3) is 2.54. The van der Waals surface area contributed by atoms with Gasteiger partial charge in [0.05, 0.1) is 10.6 Å². The zero-order valence-corrected chi connectivity index (χ0v) is 13.0. The summed E-state index contributed by atoms with van der Waals surface area (Å²) < 4.78 is 19.6. The predicted octanol–water partition coefficient (Wildman–Crippen LogP) is 5.15. The Morgan fingerprint density at radius 2 is 1.86 bits per heavy atom. The first-order valence-electron chi connectivity index (χ1n) is 6.03. The highest BCUT2D eigenvalue weighted by atomic mass is 79.9. The number of rotatable bonds is 2. The smallest absolute Gasteiger partial charge is 0.230 e. The molecule has 0 aliphatic rings. The van der Waals surface area contributed by atoms with Gasteiger partial charge in [0.25, 0.3) is 0 Å². The fraction of sp³-hybridized carbons (Fsp3) is 0. The van der Waals surface area contributed by atoms with Gasteiger partial charge in [0.2, 0.25) is 5.88 Å². The Morgan fingerprint density at radius 3 is 2.57 bits per heavy atom. The highest BCUT2D eigenvalue weighted by molar-refractivity contribution is 9.10. The monoisotopic (exact) mass is 366 g/mol. The molecular formula is C15H9BrClFN2O. The maximum Gasteiger partial charge on any atom is 0.230 e. The van der Waals surface area contributed by atoms with E-state index in [1.165, 1.54) is 6.07 Å². The van der Waals surface area contributed by atoms with Gasteiger partial charge in [-0.2, -0.15) is 0 Å². The Kier molecular flexibility index (Phi) is 3.69. The van der Waals surface area contributed by atoms with Gasteiger partial charge in [0, 0.05) is 10.0 Å². The number of halogens is 3. The second kappa shape index (κ2) is 5.50. The van der Waals surface area contributed by atoms with E-state index in [-0.39, 0.29) is 10.9 Å². The molecule has 21 heavy (non-hydrogen) atoms. The van der Waals surface area contributed by atoms with Crippen molar-refractivity contribution in [3.63, 3.8) is 0 Å². The van der Waals surface area contributed by atoms with Gasteiger partial charge < -0.3 is 10.3 Å². The van der Waals surface area contributed by atoms with Gasteiger partial charge in [-0.25, -0.2) is 4.39 Å². The quantitative estimate of drug-likeness (QED) is 0.682. The van der Waals surface area contributed by atoms with Gasteiger partial charge >= 0.3 is 0 Å². The Hall–Kier alpha value is -1.85. The lowest BCUT2D eigenvalue weighted by Crippen LogP contribution is -1.89. The third-order valence-corrected chi connectivity index (χ3v) is 3.97. The second-order valence-electron chi connectivity index (χ2n) is 4.38. The van der Waals surface area contributed by atoms with Crippen LogP contribution in [0, 0.1) is 5.82 Å². The molecule has 1 heterocycles. The maximum absolute atomic E-state index is 13.6. The molecule has 2 N–H and O–H groups in total. The highest BCUT2D eigenvalue weighted by Crippen LogP contribution is 2.39. The summed E-state index contributed by atoms with van der Waals surface area (Å²) >= 11 is 9.39. The molecule has 0 bridgehead atoms. The van der Waals surface area contributed by atoms with E-state index < -0.39 is 5.82 Å². The summed E-state index contributed by atoms with van der Waals surface area (Å²) in [6.07, 6.45) is 0. The van der Waals surface area contributed by atoms with Gasteiger partial charge in [-0.3, -0.25) is 0 Å². The largest absolute Gasteiger partial charge is 0.367 e. The molecule has 1 aromatic heterocycles. The molecule has 6 heteroatoms. The van der Waals surface area contributed by atoms with Gasteiger partial charge in [-0.05, 0) is 23.8 Å². The number of hydrogen-bond acceptors (Lipinski definition) is 3. The van der Waals surface area contributed by atoms with Crippen LogP contribution < -0.4 is 5.73 Å². The van der Waals surface area contributed by atoms with Crippen molar-refractivity contribution in [2.24, 2.45) is 0 Å². The molecule has 0 amide bonds. The van der Waals surface area contributed by atoms with Crippen LogP contribution in [0.25, 0.3) is 22.4 Å². The van der Waals surface area contributed by atoms with Gasteiger partial charge in [-0.1, -0.05) is 57.0 Å². The van der Waals surface area contributed by atoms with Crippen molar-refractivity contribution < 1.29 is 8.91 Å². The van der Waals surface area contributed by atoms with Crippen LogP contribution in [0.1, 0.15) is 0 Å². The van der Waals surface area contributed by atoms with E-state index in [2.05, 4.69) is 21.1 Å². The molecule has 0 aliphatic heterocycles. The number of anilines is 1. The summed E-state index contributed by atoms with van der Waals surface area (Å²) in [6.45, 7) is 0. The molecule has 3 nitrogen and oxygen atoms in total. The number of nitrogen functional groups attached to an aromatic ring is 1. The average Bonchev–Trinajstić information content (AvgIpc) is 2.85. The van der Waals surface area contributed by atoms with Gasteiger partial charge in [-0.15, -0.1) is 0 Å². The van der Waals surface area contributed by atoms with Gasteiger partial charge in [0.1, 0.15) is 11.5 Å². The minimum absolute atomic E-state index is 0.0100. The fourth-order valence-corrected chi connectivity index (χ4v) is 2.55. The van der Waals surface area contributed by atoms with E-state index in [9.17, 15) is 4.39 Å². The number of hydrogen-bond donors (Lipinski definition) is 1. The molecule has 0 spiro atoms. The van der Waals surface area contributed by atoms with E-state index in [1.54, 1.807) is 12.1 Å². The number of nitrogens with zero attached hydrogens (tertiary/aromatic N) is 1.